The number of pyridine rings is 2. The Morgan fingerprint density at radius 3 is 2.69 bits per heavy atom. The minimum atomic E-state index is -4.53. The van der Waals surface area contributed by atoms with E-state index >= 15 is 0 Å². The van der Waals surface area contributed by atoms with Crippen LogP contribution in [0.5, 0.6) is 0 Å². The van der Waals surface area contributed by atoms with E-state index in [1.165, 1.54) is 12.3 Å². The molecule has 0 aromatic carbocycles. The molecule has 4 N–H and O–H groups in total. The molecule has 9 heteroatoms. The molecular formula is C17H17F3N6. The van der Waals surface area contributed by atoms with Crippen molar-refractivity contribution in [3.63, 3.8) is 0 Å². The van der Waals surface area contributed by atoms with Crippen LogP contribution in [0.4, 0.5) is 18.9 Å². The fourth-order valence-electron chi connectivity index (χ4n) is 2.19. The lowest BCUT2D eigenvalue weighted by Gasteiger charge is -2.12. The van der Waals surface area contributed by atoms with E-state index in [1.807, 2.05) is 6.92 Å². The molecule has 2 rings (SSSR count). The van der Waals surface area contributed by atoms with E-state index in [4.69, 9.17) is 16.6 Å². The molecule has 0 amide bonds. The highest BCUT2D eigenvalue weighted by molar-refractivity contribution is 6.12. The number of nitrogens with one attached hydrogen (secondary N) is 2. The van der Waals surface area contributed by atoms with E-state index < -0.39 is 17.7 Å². The number of aromatic nitrogens is 2. The predicted molar refractivity (Wildman–Crippen MR) is 94.4 cm³/mol. The first-order valence-electron chi connectivity index (χ1n) is 7.66. The van der Waals surface area contributed by atoms with Crippen LogP contribution in [0.15, 0.2) is 35.6 Å². The Bertz CT molecular complexity index is 845. The minimum Gasteiger partial charge on any atom is -0.397 e. The number of halogens is 3. The number of hydrogen-bond acceptors (Lipinski definition) is 6. The van der Waals surface area contributed by atoms with Gasteiger partial charge < -0.3 is 11.1 Å². The summed E-state index contributed by atoms with van der Waals surface area (Å²) in [5.41, 5.74) is 5.28. The number of hydrogen-bond donors (Lipinski definition) is 3. The van der Waals surface area contributed by atoms with Gasteiger partial charge in [-0.2, -0.15) is 13.2 Å². The quantitative estimate of drug-likeness (QED) is 0.685. The molecule has 0 spiro atoms. The fraction of sp³-hybridized carbons (Fsp3) is 0.235. The van der Waals surface area contributed by atoms with E-state index in [-0.39, 0.29) is 22.7 Å². The van der Waals surface area contributed by atoms with E-state index in [1.54, 1.807) is 6.21 Å². The van der Waals surface area contributed by atoms with Crippen LogP contribution in [0.1, 0.15) is 35.4 Å². The fourth-order valence-corrected chi connectivity index (χ4v) is 2.19. The Hall–Kier alpha value is -3.10. The van der Waals surface area contributed by atoms with Crippen molar-refractivity contribution >= 4 is 23.8 Å². The first kappa shape index (κ1) is 19.2. The summed E-state index contributed by atoms with van der Waals surface area (Å²) in [6, 6.07) is 3.11. The van der Waals surface area contributed by atoms with Crippen LogP contribution in [-0.2, 0) is 6.18 Å². The molecule has 0 fully saturated rings. The van der Waals surface area contributed by atoms with E-state index in [0.29, 0.717) is 12.2 Å². The Balaban J connectivity index is 2.45. The van der Waals surface area contributed by atoms with Crippen molar-refractivity contribution in [1.82, 2.24) is 9.97 Å². The highest BCUT2D eigenvalue weighted by Gasteiger charge is 2.31. The highest BCUT2D eigenvalue weighted by Crippen LogP contribution is 2.29. The zero-order chi connectivity index (χ0) is 19.3. The monoisotopic (exact) mass is 362 g/mol. The highest BCUT2D eigenvalue weighted by atomic mass is 19.4. The average molecular weight is 362 g/mol. The zero-order valence-corrected chi connectivity index (χ0v) is 13.9. The summed E-state index contributed by atoms with van der Waals surface area (Å²) in [6.07, 6.45) is 0.451. The summed E-state index contributed by atoms with van der Waals surface area (Å²) < 4.78 is 38.6. The molecule has 0 aliphatic carbocycles. The molecule has 0 saturated carbocycles. The Labute approximate surface area is 148 Å². The number of nitrogens with two attached hydrogens (primary N) is 1. The molecule has 0 bridgehead atoms. The molecule has 6 nitrogen and oxygen atoms in total. The lowest BCUT2D eigenvalue weighted by atomic mass is 10.00. The van der Waals surface area contributed by atoms with Gasteiger partial charge in [0.1, 0.15) is 0 Å². The van der Waals surface area contributed by atoms with Crippen LogP contribution in [0.2, 0.25) is 0 Å². The summed E-state index contributed by atoms with van der Waals surface area (Å²) in [7, 11) is 0. The molecule has 0 radical (unpaired) electrons. The Kier molecular flexibility index (Phi) is 5.81. The first-order chi connectivity index (χ1) is 12.3. The lowest BCUT2D eigenvalue weighted by molar-refractivity contribution is -0.137. The van der Waals surface area contributed by atoms with Crippen molar-refractivity contribution in [2.24, 2.45) is 4.99 Å². The van der Waals surface area contributed by atoms with E-state index in [9.17, 15) is 13.2 Å². The van der Waals surface area contributed by atoms with Gasteiger partial charge in [0.25, 0.3) is 0 Å². The second-order valence-electron chi connectivity index (χ2n) is 5.34. The van der Waals surface area contributed by atoms with Crippen molar-refractivity contribution in [3.05, 3.63) is 53.1 Å². The van der Waals surface area contributed by atoms with Gasteiger partial charge in [-0.05, 0) is 25.1 Å². The number of nitrogen functional groups attached to an aromatic ring is 1. The standard InChI is InChI=1S/C17H17F3N6/c1-2-24-8-10(7-21)14-6-12(13(22)9-26-14)16(23)15-5-11(3-4-25-15)17(18,19)20/h3-10,21,23H,2,22H2,1H3. The first-order valence-corrected chi connectivity index (χ1v) is 7.66. The number of nitrogens with zero attached hydrogens (tertiary/aromatic N) is 3. The molecule has 26 heavy (non-hydrogen) atoms. The van der Waals surface area contributed by atoms with Crippen molar-refractivity contribution in [2.75, 3.05) is 12.3 Å². The van der Waals surface area contributed by atoms with Crippen LogP contribution >= 0.6 is 0 Å². The molecule has 2 aromatic rings. The van der Waals surface area contributed by atoms with Gasteiger partial charge in [0, 0.05) is 30.7 Å². The third kappa shape index (κ3) is 4.29. The maximum absolute atomic E-state index is 12.9. The Morgan fingerprint density at radius 2 is 2.08 bits per heavy atom. The van der Waals surface area contributed by atoms with Gasteiger partial charge in [-0.3, -0.25) is 20.4 Å². The molecule has 2 aromatic heterocycles. The summed E-state index contributed by atoms with van der Waals surface area (Å²) in [4.78, 5) is 12.0. The molecule has 136 valence electrons. The number of rotatable bonds is 6. The third-order valence-electron chi connectivity index (χ3n) is 3.54. The van der Waals surface area contributed by atoms with Crippen LogP contribution in [-0.4, -0.2) is 34.7 Å². The van der Waals surface area contributed by atoms with Crippen molar-refractivity contribution < 1.29 is 13.2 Å². The summed E-state index contributed by atoms with van der Waals surface area (Å²) in [5.74, 6) is -0.517. The van der Waals surface area contributed by atoms with Crippen LogP contribution < -0.4 is 5.73 Å². The molecule has 0 saturated heterocycles. The largest absolute Gasteiger partial charge is 0.416 e. The molecule has 0 aliphatic rings. The van der Waals surface area contributed by atoms with Crippen molar-refractivity contribution in [3.8, 4) is 0 Å². The van der Waals surface area contributed by atoms with Crippen molar-refractivity contribution in [1.29, 1.82) is 10.8 Å². The maximum Gasteiger partial charge on any atom is 0.416 e. The predicted octanol–water partition coefficient (Wildman–Crippen LogP) is 3.32. The summed E-state index contributed by atoms with van der Waals surface area (Å²) >= 11 is 0. The molecule has 1 unspecified atom stereocenters. The van der Waals surface area contributed by atoms with Crippen LogP contribution in [0, 0.1) is 10.8 Å². The second-order valence-corrected chi connectivity index (χ2v) is 5.34. The van der Waals surface area contributed by atoms with Gasteiger partial charge in [0.15, 0.2) is 0 Å². The summed E-state index contributed by atoms with van der Waals surface area (Å²) in [5, 5.41) is 15.7. The van der Waals surface area contributed by atoms with Crippen LogP contribution in [0.25, 0.3) is 0 Å². The van der Waals surface area contributed by atoms with Gasteiger partial charge in [0.2, 0.25) is 0 Å². The lowest BCUT2D eigenvalue weighted by Crippen LogP contribution is -2.13. The average Bonchev–Trinajstić information content (AvgIpc) is 2.62. The van der Waals surface area contributed by atoms with Gasteiger partial charge in [-0.25, -0.2) is 0 Å². The zero-order valence-electron chi connectivity index (χ0n) is 13.9. The number of alkyl halides is 3. The minimum absolute atomic E-state index is 0.133. The van der Waals surface area contributed by atoms with E-state index in [2.05, 4.69) is 15.0 Å². The molecule has 2 heterocycles. The Morgan fingerprint density at radius 1 is 1.35 bits per heavy atom. The number of aliphatic imine (C=N–C) groups is 1. The topological polar surface area (TPSA) is 112 Å². The van der Waals surface area contributed by atoms with Gasteiger partial charge in [-0.1, -0.05) is 0 Å². The molecule has 1 atom stereocenters. The van der Waals surface area contributed by atoms with E-state index in [0.717, 1.165) is 24.5 Å². The molecule has 0 aliphatic heterocycles. The van der Waals surface area contributed by atoms with Gasteiger partial charge in [0.05, 0.1) is 40.5 Å². The smallest absolute Gasteiger partial charge is 0.397 e. The second kappa shape index (κ2) is 7.85. The van der Waals surface area contributed by atoms with Gasteiger partial charge >= 0.3 is 6.18 Å². The summed E-state index contributed by atoms with van der Waals surface area (Å²) in [6.45, 7) is 2.38. The SMILES string of the molecule is CCN=CC(C=N)c1cc(C(=N)c2cc(C(F)(F)F)ccn2)c(N)cn1. The van der Waals surface area contributed by atoms with Gasteiger partial charge in [-0.15, -0.1) is 0 Å². The normalized spacial score (nSPS) is 12.9. The maximum atomic E-state index is 12.9. The third-order valence-corrected chi connectivity index (χ3v) is 3.54. The number of anilines is 1. The van der Waals surface area contributed by atoms with Crippen LogP contribution in [0.3, 0.4) is 0 Å². The van der Waals surface area contributed by atoms with Crippen molar-refractivity contribution in [2.45, 2.75) is 19.0 Å². The molecular weight excluding hydrogens is 345 g/mol.